The largest absolute Gasteiger partial charge is 0.376 e. The number of hydrogen-bond acceptors (Lipinski definition) is 3. The van der Waals surface area contributed by atoms with Gasteiger partial charge in [-0.3, -0.25) is 9.59 Å². The van der Waals surface area contributed by atoms with E-state index in [9.17, 15) is 9.59 Å². The predicted octanol–water partition coefficient (Wildman–Crippen LogP) is 2.17. The quantitative estimate of drug-likeness (QED) is 0.846. The van der Waals surface area contributed by atoms with E-state index in [1.807, 2.05) is 36.9 Å². The zero-order chi connectivity index (χ0) is 15.9. The van der Waals surface area contributed by atoms with Crippen molar-refractivity contribution in [2.45, 2.75) is 33.1 Å². The van der Waals surface area contributed by atoms with Crippen LogP contribution in [-0.4, -0.2) is 42.9 Å². The van der Waals surface area contributed by atoms with E-state index in [1.54, 1.807) is 0 Å². The summed E-state index contributed by atoms with van der Waals surface area (Å²) in [5.41, 5.74) is 2.37. The third kappa shape index (κ3) is 4.00. The summed E-state index contributed by atoms with van der Waals surface area (Å²) >= 11 is 0. The Morgan fingerprint density at radius 3 is 2.64 bits per heavy atom. The monoisotopic (exact) mass is 303 g/mol. The highest BCUT2D eigenvalue weighted by atomic mass is 16.2. The zero-order valence-corrected chi connectivity index (χ0v) is 13.4. The second-order valence-electron chi connectivity index (χ2n) is 5.70. The van der Waals surface area contributed by atoms with Crippen LogP contribution in [0.25, 0.3) is 0 Å². The molecule has 1 aromatic carbocycles. The Hall–Kier alpha value is -2.04. The van der Waals surface area contributed by atoms with E-state index in [-0.39, 0.29) is 18.4 Å². The average molecular weight is 303 g/mol. The number of hydrogen-bond donors (Lipinski definition) is 2. The fourth-order valence-electron chi connectivity index (χ4n) is 2.68. The highest BCUT2D eigenvalue weighted by molar-refractivity contribution is 6.01. The number of aryl methyl sites for hydroxylation is 1. The molecule has 1 saturated heterocycles. The highest BCUT2D eigenvalue weighted by Crippen LogP contribution is 2.23. The van der Waals surface area contributed by atoms with Gasteiger partial charge in [0, 0.05) is 25.3 Å². The van der Waals surface area contributed by atoms with Gasteiger partial charge in [-0.25, -0.2) is 0 Å². The van der Waals surface area contributed by atoms with Gasteiger partial charge in [0.25, 0.3) is 5.91 Å². The summed E-state index contributed by atoms with van der Waals surface area (Å²) in [6, 6.07) is 5.71. The van der Waals surface area contributed by atoms with E-state index in [4.69, 9.17) is 0 Å². The van der Waals surface area contributed by atoms with Gasteiger partial charge < -0.3 is 15.5 Å². The summed E-state index contributed by atoms with van der Waals surface area (Å²) in [6.45, 7) is 6.46. The van der Waals surface area contributed by atoms with Crippen LogP contribution in [-0.2, 0) is 4.79 Å². The fraction of sp³-hybridized carbons (Fsp3) is 0.529. The van der Waals surface area contributed by atoms with Crippen molar-refractivity contribution in [1.82, 2.24) is 10.2 Å². The van der Waals surface area contributed by atoms with E-state index in [2.05, 4.69) is 10.6 Å². The van der Waals surface area contributed by atoms with Crippen LogP contribution in [0.3, 0.4) is 0 Å². The van der Waals surface area contributed by atoms with Gasteiger partial charge in [0.1, 0.15) is 0 Å². The summed E-state index contributed by atoms with van der Waals surface area (Å²) in [7, 11) is 0. The molecule has 0 radical (unpaired) electrons. The van der Waals surface area contributed by atoms with Gasteiger partial charge in [-0.05, 0) is 37.8 Å². The van der Waals surface area contributed by atoms with Crippen LogP contribution in [0.1, 0.15) is 42.1 Å². The third-order valence-corrected chi connectivity index (χ3v) is 3.89. The van der Waals surface area contributed by atoms with E-state index < -0.39 is 0 Å². The highest BCUT2D eigenvalue weighted by Gasteiger charge is 2.23. The summed E-state index contributed by atoms with van der Waals surface area (Å²) in [6.07, 6.45) is 3.05. The first kappa shape index (κ1) is 16.3. The van der Waals surface area contributed by atoms with Gasteiger partial charge in [-0.1, -0.05) is 19.1 Å². The first-order valence-electron chi connectivity index (χ1n) is 8.03. The van der Waals surface area contributed by atoms with E-state index in [0.717, 1.165) is 43.6 Å². The fourth-order valence-corrected chi connectivity index (χ4v) is 2.68. The van der Waals surface area contributed by atoms with E-state index >= 15 is 0 Å². The Balaban J connectivity index is 2.09. The molecule has 2 rings (SSSR count). The standard InChI is InChI=1S/C17H25N3O2/c1-3-9-18-15(21)12-19-14-8-6-7-13(2)16(14)17(22)20-10-4-5-11-20/h6-8,19H,3-5,9-12H2,1-2H3,(H,18,21). The molecule has 0 bridgehead atoms. The van der Waals surface area contributed by atoms with Gasteiger partial charge in [-0.2, -0.15) is 0 Å². The topological polar surface area (TPSA) is 61.4 Å². The van der Waals surface area contributed by atoms with Crippen molar-refractivity contribution in [2.24, 2.45) is 0 Å². The maximum atomic E-state index is 12.7. The van der Waals surface area contributed by atoms with Gasteiger partial charge in [-0.15, -0.1) is 0 Å². The molecule has 120 valence electrons. The van der Waals surface area contributed by atoms with Crippen LogP contribution in [0, 0.1) is 6.92 Å². The molecule has 1 aliphatic heterocycles. The number of amides is 2. The van der Waals surface area contributed by atoms with Crippen molar-refractivity contribution in [3.05, 3.63) is 29.3 Å². The smallest absolute Gasteiger partial charge is 0.256 e. The molecule has 1 aromatic rings. The van der Waals surface area contributed by atoms with Crippen LogP contribution in [0.4, 0.5) is 5.69 Å². The molecule has 1 fully saturated rings. The molecule has 2 N–H and O–H groups in total. The van der Waals surface area contributed by atoms with E-state index in [0.29, 0.717) is 12.1 Å². The molecule has 0 unspecified atom stereocenters. The second kappa shape index (κ2) is 7.82. The minimum Gasteiger partial charge on any atom is -0.376 e. The molecule has 0 atom stereocenters. The Morgan fingerprint density at radius 1 is 1.23 bits per heavy atom. The number of carbonyl (C=O) groups excluding carboxylic acids is 2. The normalized spacial score (nSPS) is 14.0. The number of nitrogens with one attached hydrogen (secondary N) is 2. The number of benzene rings is 1. The summed E-state index contributed by atoms with van der Waals surface area (Å²) in [5.74, 6) is 0.00925. The molecule has 5 nitrogen and oxygen atoms in total. The van der Waals surface area contributed by atoms with Crippen molar-refractivity contribution >= 4 is 17.5 Å². The molecule has 0 aliphatic carbocycles. The number of nitrogens with zero attached hydrogens (tertiary/aromatic N) is 1. The van der Waals surface area contributed by atoms with Crippen molar-refractivity contribution < 1.29 is 9.59 Å². The first-order chi connectivity index (χ1) is 10.6. The van der Waals surface area contributed by atoms with Gasteiger partial charge in [0.05, 0.1) is 12.1 Å². The SMILES string of the molecule is CCCNC(=O)CNc1cccc(C)c1C(=O)N1CCCC1. The molecule has 22 heavy (non-hydrogen) atoms. The molecule has 0 saturated carbocycles. The maximum Gasteiger partial charge on any atom is 0.256 e. The van der Waals surface area contributed by atoms with Crippen molar-refractivity contribution in [2.75, 3.05) is 31.5 Å². The average Bonchev–Trinajstić information content (AvgIpc) is 3.04. The van der Waals surface area contributed by atoms with E-state index in [1.165, 1.54) is 0 Å². The van der Waals surface area contributed by atoms with Crippen LogP contribution in [0.15, 0.2) is 18.2 Å². The lowest BCUT2D eigenvalue weighted by molar-refractivity contribution is -0.119. The molecule has 1 heterocycles. The van der Waals surface area contributed by atoms with Crippen molar-refractivity contribution in [3.8, 4) is 0 Å². The minimum absolute atomic E-state index is 0.0528. The summed E-state index contributed by atoms with van der Waals surface area (Å²) in [5, 5.41) is 5.93. The van der Waals surface area contributed by atoms with Gasteiger partial charge in [0.15, 0.2) is 0 Å². The lowest BCUT2D eigenvalue weighted by atomic mass is 10.0. The maximum absolute atomic E-state index is 12.7. The minimum atomic E-state index is -0.0528. The lowest BCUT2D eigenvalue weighted by Gasteiger charge is -2.20. The third-order valence-electron chi connectivity index (χ3n) is 3.89. The van der Waals surface area contributed by atoms with Crippen LogP contribution in [0.2, 0.25) is 0 Å². The Kier molecular flexibility index (Phi) is 5.81. The van der Waals surface area contributed by atoms with Crippen molar-refractivity contribution in [1.29, 1.82) is 0 Å². The lowest BCUT2D eigenvalue weighted by Crippen LogP contribution is -2.32. The zero-order valence-electron chi connectivity index (χ0n) is 13.4. The summed E-state index contributed by atoms with van der Waals surface area (Å²) < 4.78 is 0. The Bertz CT molecular complexity index is 537. The van der Waals surface area contributed by atoms with Crippen LogP contribution >= 0.6 is 0 Å². The molecule has 0 spiro atoms. The number of anilines is 1. The number of likely N-dealkylation sites (tertiary alicyclic amines) is 1. The molecule has 2 amide bonds. The number of carbonyl (C=O) groups is 2. The molecular weight excluding hydrogens is 278 g/mol. The first-order valence-corrected chi connectivity index (χ1v) is 8.03. The Labute approximate surface area is 132 Å². The molecule has 5 heteroatoms. The van der Waals surface area contributed by atoms with Gasteiger partial charge in [0.2, 0.25) is 5.91 Å². The Morgan fingerprint density at radius 2 is 1.95 bits per heavy atom. The van der Waals surface area contributed by atoms with Crippen LogP contribution < -0.4 is 10.6 Å². The molecular formula is C17H25N3O2. The predicted molar refractivity (Wildman–Crippen MR) is 88.1 cm³/mol. The molecule has 0 aromatic heterocycles. The summed E-state index contributed by atoms with van der Waals surface area (Å²) in [4.78, 5) is 26.3. The van der Waals surface area contributed by atoms with Crippen molar-refractivity contribution in [3.63, 3.8) is 0 Å². The second-order valence-corrected chi connectivity index (χ2v) is 5.70. The molecule has 1 aliphatic rings. The van der Waals surface area contributed by atoms with Gasteiger partial charge >= 0.3 is 0 Å². The number of rotatable bonds is 6. The van der Waals surface area contributed by atoms with Crippen LogP contribution in [0.5, 0.6) is 0 Å².